The van der Waals surface area contributed by atoms with Gasteiger partial charge in [0.1, 0.15) is 18.4 Å². The zero-order valence-electron chi connectivity index (χ0n) is 25.8. The quantitative estimate of drug-likeness (QED) is 0.224. The summed E-state index contributed by atoms with van der Waals surface area (Å²) in [5.74, 6) is -0.956. The second kappa shape index (κ2) is 11.2. The Balaban J connectivity index is 1.58. The molecule has 46 heavy (non-hydrogen) atoms. The number of carbonyl (C=O) groups is 3. The third-order valence-corrected chi connectivity index (χ3v) is 11.0. The van der Waals surface area contributed by atoms with Crippen molar-refractivity contribution in [2.75, 3.05) is 32.8 Å². The number of phenolic OH excluding ortho intramolecular Hbond substituents is 1. The SMILES string of the molecule is C=CCN1[C@@H]2c3c(cc(C)c(OC)c3O)C[C@@H]1[C@H](C#N)N1C2[C@@H]2SCC(=O)C(=O)OC[C@H]1c1c3c(c(C)c(OC(C)=O)c12)OCO3. The highest BCUT2D eigenvalue weighted by Crippen LogP contribution is 2.64. The molecule has 13 heteroatoms. The Labute approximate surface area is 269 Å². The van der Waals surface area contributed by atoms with Gasteiger partial charge in [-0.05, 0) is 31.4 Å². The smallest absolute Gasteiger partial charge is 0.375 e. The maximum absolute atomic E-state index is 13.0. The number of esters is 2. The van der Waals surface area contributed by atoms with Gasteiger partial charge in [-0.15, -0.1) is 18.3 Å². The molecule has 2 saturated heterocycles. The van der Waals surface area contributed by atoms with Crippen LogP contribution in [0, 0.1) is 25.2 Å². The topological polar surface area (TPSA) is 148 Å². The lowest BCUT2D eigenvalue weighted by Crippen LogP contribution is -2.70. The number of piperazine rings is 1. The van der Waals surface area contributed by atoms with Gasteiger partial charge < -0.3 is 28.8 Å². The van der Waals surface area contributed by atoms with Gasteiger partial charge in [-0.25, -0.2) is 4.79 Å². The summed E-state index contributed by atoms with van der Waals surface area (Å²) in [6.07, 6.45) is 2.23. The largest absolute Gasteiger partial charge is 0.504 e. The number of carbonyl (C=O) groups excluding carboxylic acids is 3. The fraction of sp³-hybridized carbons (Fsp3) is 0.455. The number of hydrogen-bond acceptors (Lipinski definition) is 13. The van der Waals surface area contributed by atoms with E-state index in [0.717, 1.165) is 11.1 Å². The molecule has 2 aromatic rings. The molecule has 0 aromatic heterocycles. The second-order valence-corrected chi connectivity index (χ2v) is 13.2. The lowest BCUT2D eigenvalue weighted by molar-refractivity contribution is -0.157. The van der Waals surface area contributed by atoms with E-state index >= 15 is 0 Å². The highest BCUT2D eigenvalue weighted by Gasteiger charge is 2.61. The molecule has 6 atom stereocenters. The molecule has 0 aliphatic carbocycles. The standard InChI is InChI=1S/C33H33N3O9S/c1-6-7-35-18-9-17-8-14(2)28(41-5)27(39)22(17)25(35)26-32-24-23(31-30(43-13-44-31)15(3)29(24)45-16(4)37)20(36(26)19(18)10-34)11-42-33(40)21(38)12-46-32/h6,8,18-20,25-26,32,39H,1,7,9,11-13H2,2-5H3/t18-,19+,20+,25-,26?,32-/m1/s1. The van der Waals surface area contributed by atoms with Crippen LogP contribution in [0.25, 0.3) is 0 Å². The molecule has 0 spiro atoms. The molecule has 4 bridgehead atoms. The Morgan fingerprint density at radius 1 is 1.20 bits per heavy atom. The molecule has 1 N–H and O–H groups in total. The average Bonchev–Trinajstić information content (AvgIpc) is 3.51. The van der Waals surface area contributed by atoms with Crippen LogP contribution in [0.15, 0.2) is 18.7 Å². The second-order valence-electron chi connectivity index (χ2n) is 12.1. The number of aromatic hydroxyl groups is 1. The Kier molecular flexibility index (Phi) is 7.42. The van der Waals surface area contributed by atoms with E-state index in [-0.39, 0.29) is 36.7 Å². The zero-order valence-corrected chi connectivity index (χ0v) is 26.6. The van der Waals surface area contributed by atoms with E-state index in [1.807, 2.05) is 13.0 Å². The minimum Gasteiger partial charge on any atom is -0.504 e. The molecule has 5 aliphatic heterocycles. The molecule has 240 valence electrons. The first-order valence-electron chi connectivity index (χ1n) is 15.0. The summed E-state index contributed by atoms with van der Waals surface area (Å²) < 4.78 is 29.2. The molecule has 1 unspecified atom stereocenters. The van der Waals surface area contributed by atoms with E-state index in [2.05, 4.69) is 22.4 Å². The molecule has 0 saturated carbocycles. The molecule has 2 fully saturated rings. The van der Waals surface area contributed by atoms with Crippen LogP contribution in [0.1, 0.15) is 57.6 Å². The van der Waals surface area contributed by atoms with Gasteiger partial charge in [0.2, 0.25) is 12.6 Å². The molecule has 12 nitrogen and oxygen atoms in total. The number of rotatable bonds is 4. The van der Waals surface area contributed by atoms with Gasteiger partial charge in [0.15, 0.2) is 23.0 Å². The van der Waals surface area contributed by atoms with Gasteiger partial charge in [-0.3, -0.25) is 19.4 Å². The number of ether oxygens (including phenoxy) is 5. The minimum absolute atomic E-state index is 0.00754. The molecule has 5 heterocycles. The number of hydrogen-bond donors (Lipinski definition) is 1. The number of phenols is 1. The van der Waals surface area contributed by atoms with Crippen LogP contribution in [0.4, 0.5) is 0 Å². The van der Waals surface area contributed by atoms with Gasteiger partial charge >= 0.3 is 11.9 Å². The van der Waals surface area contributed by atoms with Crippen molar-refractivity contribution in [3.8, 4) is 34.8 Å². The van der Waals surface area contributed by atoms with Crippen molar-refractivity contribution in [1.29, 1.82) is 5.26 Å². The predicted octanol–water partition coefficient (Wildman–Crippen LogP) is 3.36. The van der Waals surface area contributed by atoms with E-state index in [1.54, 1.807) is 13.0 Å². The molecule has 2 aromatic carbocycles. The average molecular weight is 648 g/mol. The number of aryl methyl sites for hydroxylation is 1. The third-order valence-electron chi connectivity index (χ3n) is 9.70. The van der Waals surface area contributed by atoms with Crippen molar-refractivity contribution in [1.82, 2.24) is 9.80 Å². The van der Waals surface area contributed by atoms with Crippen molar-refractivity contribution in [3.63, 3.8) is 0 Å². The maximum atomic E-state index is 13.0. The monoisotopic (exact) mass is 647 g/mol. The van der Waals surface area contributed by atoms with Crippen molar-refractivity contribution in [2.45, 2.75) is 62.7 Å². The Bertz CT molecular complexity index is 1750. The van der Waals surface area contributed by atoms with Gasteiger partial charge in [0, 0.05) is 47.8 Å². The van der Waals surface area contributed by atoms with Crippen LogP contribution >= 0.6 is 11.8 Å². The van der Waals surface area contributed by atoms with E-state index < -0.39 is 47.1 Å². The maximum Gasteiger partial charge on any atom is 0.375 e. The lowest BCUT2D eigenvalue weighted by atomic mass is 9.71. The Morgan fingerprint density at radius 3 is 2.65 bits per heavy atom. The summed E-state index contributed by atoms with van der Waals surface area (Å²) in [4.78, 5) is 42.6. The Morgan fingerprint density at radius 2 is 1.96 bits per heavy atom. The van der Waals surface area contributed by atoms with Crippen LogP contribution in [0.2, 0.25) is 0 Å². The summed E-state index contributed by atoms with van der Waals surface area (Å²) in [7, 11) is 1.51. The van der Waals surface area contributed by atoms with E-state index in [0.29, 0.717) is 52.5 Å². The first-order valence-corrected chi connectivity index (χ1v) is 16.1. The number of cyclic esters (lactones) is 1. The summed E-state index contributed by atoms with van der Waals surface area (Å²) >= 11 is 1.21. The first-order chi connectivity index (χ1) is 22.1. The molecular weight excluding hydrogens is 614 g/mol. The number of methoxy groups -OCH3 is 1. The third kappa shape index (κ3) is 4.23. The highest BCUT2D eigenvalue weighted by atomic mass is 32.2. The Hall–Kier alpha value is -4.25. The summed E-state index contributed by atoms with van der Waals surface area (Å²) in [6, 6.07) is 1.62. The molecule has 0 radical (unpaired) electrons. The van der Waals surface area contributed by atoms with Gasteiger partial charge in [0.25, 0.3) is 0 Å². The molecule has 7 rings (SSSR count). The number of Topliss-reactive ketones (excluding diaryl/α,β-unsaturated/α-hetero) is 1. The highest BCUT2D eigenvalue weighted by molar-refractivity contribution is 8.00. The zero-order chi connectivity index (χ0) is 32.6. The summed E-state index contributed by atoms with van der Waals surface area (Å²) in [6.45, 7) is 9.04. The van der Waals surface area contributed by atoms with E-state index in [9.17, 15) is 24.8 Å². The lowest BCUT2D eigenvalue weighted by Gasteiger charge is -2.62. The number of ketones is 1. The number of benzene rings is 2. The number of fused-ring (bicyclic) bond motifs is 9. The van der Waals surface area contributed by atoms with Crippen LogP contribution in [0.5, 0.6) is 28.7 Å². The summed E-state index contributed by atoms with van der Waals surface area (Å²) in [5, 5.41) is 22.1. The molecule has 5 aliphatic rings. The number of nitriles is 1. The fourth-order valence-corrected chi connectivity index (χ4v) is 9.48. The van der Waals surface area contributed by atoms with Gasteiger partial charge in [0.05, 0.1) is 36.3 Å². The van der Waals surface area contributed by atoms with Crippen molar-refractivity contribution in [3.05, 3.63) is 52.1 Å². The number of nitrogens with zero attached hydrogens (tertiary/aromatic N) is 3. The van der Waals surface area contributed by atoms with Crippen LogP contribution < -0.4 is 18.9 Å². The van der Waals surface area contributed by atoms with Crippen LogP contribution in [-0.4, -0.2) is 83.6 Å². The minimum atomic E-state index is -0.957. The first kappa shape index (κ1) is 30.4. The number of thioether (sulfide) groups is 1. The van der Waals surface area contributed by atoms with E-state index in [4.69, 9.17) is 23.7 Å². The fourth-order valence-electron chi connectivity index (χ4n) is 8.14. The van der Waals surface area contributed by atoms with E-state index in [1.165, 1.54) is 25.8 Å². The predicted molar refractivity (Wildman–Crippen MR) is 164 cm³/mol. The molecule has 0 amide bonds. The van der Waals surface area contributed by atoms with Crippen molar-refractivity contribution in [2.24, 2.45) is 0 Å². The van der Waals surface area contributed by atoms with Crippen molar-refractivity contribution < 1.29 is 43.2 Å². The molecular formula is C33H33N3O9S. The normalized spacial score (nSPS) is 27.9. The van der Waals surface area contributed by atoms with Crippen molar-refractivity contribution >= 4 is 29.5 Å². The van der Waals surface area contributed by atoms with Crippen LogP contribution in [-0.2, 0) is 25.5 Å². The summed E-state index contributed by atoms with van der Waals surface area (Å²) in [5.41, 5.74) is 4.08. The van der Waals surface area contributed by atoms with Crippen LogP contribution in [0.3, 0.4) is 0 Å². The van der Waals surface area contributed by atoms with Gasteiger partial charge in [-0.2, -0.15) is 5.26 Å². The van der Waals surface area contributed by atoms with Gasteiger partial charge in [-0.1, -0.05) is 12.1 Å².